The Morgan fingerprint density at radius 1 is 1.45 bits per heavy atom. The molecule has 0 aliphatic carbocycles. The summed E-state index contributed by atoms with van der Waals surface area (Å²) in [7, 11) is 1.60. The van der Waals surface area contributed by atoms with E-state index in [0.717, 1.165) is 39.0 Å². The van der Waals surface area contributed by atoms with Crippen LogP contribution in [-0.4, -0.2) is 38.2 Å². The molecule has 110 valence electrons. The van der Waals surface area contributed by atoms with E-state index in [2.05, 4.69) is 16.8 Å². The van der Waals surface area contributed by atoms with Gasteiger partial charge in [0.1, 0.15) is 11.6 Å². The van der Waals surface area contributed by atoms with E-state index in [4.69, 9.17) is 4.74 Å². The fraction of sp³-hybridized carbons (Fsp3) is 0.500. The molecular formula is C16H23FN2O. The molecular weight excluding hydrogens is 255 g/mol. The maximum Gasteiger partial charge on any atom is 0.131 e. The van der Waals surface area contributed by atoms with Crippen molar-refractivity contribution < 1.29 is 9.13 Å². The van der Waals surface area contributed by atoms with Gasteiger partial charge in [0.15, 0.2) is 0 Å². The second kappa shape index (κ2) is 7.41. The van der Waals surface area contributed by atoms with Crippen molar-refractivity contribution in [2.24, 2.45) is 0 Å². The molecule has 0 saturated carbocycles. The van der Waals surface area contributed by atoms with Crippen molar-refractivity contribution in [1.29, 1.82) is 0 Å². The largest absolute Gasteiger partial charge is 0.496 e. The average Bonchev–Trinajstić information content (AvgIpc) is 2.50. The topological polar surface area (TPSA) is 24.5 Å². The van der Waals surface area contributed by atoms with Crippen LogP contribution in [0.5, 0.6) is 5.75 Å². The standard InChI is InChI=1S/C16H23FN2O/c1-3-4-7-14(19-11-9-18-10-12-19)16-13(17)6-5-8-15(16)20-2/h3,5-6,8,14,18H,1,4,7,9-12H2,2H3/t14-/m0/s1. The Labute approximate surface area is 120 Å². The molecule has 1 fully saturated rings. The molecule has 1 aliphatic rings. The first-order valence-electron chi connectivity index (χ1n) is 7.16. The lowest BCUT2D eigenvalue weighted by Gasteiger charge is -2.35. The van der Waals surface area contributed by atoms with Crippen LogP contribution >= 0.6 is 0 Å². The Bertz CT molecular complexity index is 444. The van der Waals surface area contributed by atoms with Gasteiger partial charge in [-0.25, -0.2) is 4.39 Å². The molecule has 1 heterocycles. The van der Waals surface area contributed by atoms with Crippen molar-refractivity contribution in [2.75, 3.05) is 33.3 Å². The van der Waals surface area contributed by atoms with Crippen LogP contribution in [0.3, 0.4) is 0 Å². The number of allylic oxidation sites excluding steroid dienone is 1. The summed E-state index contributed by atoms with van der Waals surface area (Å²) >= 11 is 0. The van der Waals surface area contributed by atoms with Gasteiger partial charge in [0.2, 0.25) is 0 Å². The summed E-state index contributed by atoms with van der Waals surface area (Å²) in [6, 6.07) is 5.09. The molecule has 2 rings (SSSR count). The molecule has 0 unspecified atom stereocenters. The Balaban J connectivity index is 2.31. The van der Waals surface area contributed by atoms with Crippen molar-refractivity contribution in [2.45, 2.75) is 18.9 Å². The van der Waals surface area contributed by atoms with Gasteiger partial charge >= 0.3 is 0 Å². The number of nitrogens with one attached hydrogen (secondary N) is 1. The van der Waals surface area contributed by atoms with Crippen LogP contribution in [0.1, 0.15) is 24.4 Å². The zero-order valence-corrected chi connectivity index (χ0v) is 12.1. The first-order chi connectivity index (χ1) is 9.77. The molecule has 1 aliphatic heterocycles. The summed E-state index contributed by atoms with van der Waals surface area (Å²) in [5, 5.41) is 3.33. The van der Waals surface area contributed by atoms with Gasteiger partial charge in [0, 0.05) is 37.8 Å². The Kier molecular flexibility index (Phi) is 5.56. The molecule has 0 amide bonds. The van der Waals surface area contributed by atoms with Crippen LogP contribution in [0.2, 0.25) is 0 Å². The Morgan fingerprint density at radius 2 is 2.20 bits per heavy atom. The Morgan fingerprint density at radius 3 is 2.85 bits per heavy atom. The van der Waals surface area contributed by atoms with Crippen LogP contribution in [0.25, 0.3) is 0 Å². The van der Waals surface area contributed by atoms with E-state index in [0.29, 0.717) is 11.3 Å². The quantitative estimate of drug-likeness (QED) is 0.810. The molecule has 20 heavy (non-hydrogen) atoms. The molecule has 1 saturated heterocycles. The second-order valence-corrected chi connectivity index (χ2v) is 5.02. The van der Waals surface area contributed by atoms with Crippen LogP contribution in [0.15, 0.2) is 30.9 Å². The molecule has 1 atom stereocenters. The van der Waals surface area contributed by atoms with Crippen molar-refractivity contribution >= 4 is 0 Å². The average molecular weight is 278 g/mol. The highest BCUT2D eigenvalue weighted by Gasteiger charge is 2.26. The molecule has 1 N–H and O–H groups in total. The zero-order chi connectivity index (χ0) is 14.4. The lowest BCUT2D eigenvalue weighted by Crippen LogP contribution is -2.45. The Hall–Kier alpha value is -1.39. The normalized spacial score (nSPS) is 17.7. The van der Waals surface area contributed by atoms with Crippen molar-refractivity contribution in [1.82, 2.24) is 10.2 Å². The third-order valence-electron chi connectivity index (χ3n) is 3.80. The van der Waals surface area contributed by atoms with E-state index in [9.17, 15) is 4.39 Å². The zero-order valence-electron chi connectivity index (χ0n) is 12.1. The number of rotatable bonds is 6. The van der Waals surface area contributed by atoms with Crippen molar-refractivity contribution in [3.63, 3.8) is 0 Å². The minimum atomic E-state index is -0.183. The highest BCUT2D eigenvalue weighted by molar-refractivity contribution is 5.37. The molecule has 4 heteroatoms. The van der Waals surface area contributed by atoms with Gasteiger partial charge in [-0.3, -0.25) is 4.90 Å². The number of nitrogens with zero attached hydrogens (tertiary/aromatic N) is 1. The van der Waals surface area contributed by atoms with E-state index in [-0.39, 0.29) is 11.9 Å². The summed E-state index contributed by atoms with van der Waals surface area (Å²) in [4.78, 5) is 2.33. The second-order valence-electron chi connectivity index (χ2n) is 5.02. The highest BCUT2D eigenvalue weighted by Crippen LogP contribution is 2.35. The summed E-state index contributed by atoms with van der Waals surface area (Å²) in [5.74, 6) is 0.453. The molecule has 0 aromatic heterocycles. The van der Waals surface area contributed by atoms with E-state index in [1.807, 2.05) is 12.1 Å². The van der Waals surface area contributed by atoms with Gasteiger partial charge in [-0.1, -0.05) is 12.1 Å². The molecule has 1 aromatic carbocycles. The SMILES string of the molecule is C=CCC[C@@H](c1c(F)cccc1OC)N1CCNCC1. The van der Waals surface area contributed by atoms with Gasteiger partial charge in [0.05, 0.1) is 7.11 Å². The number of halogens is 1. The van der Waals surface area contributed by atoms with Crippen molar-refractivity contribution in [3.05, 3.63) is 42.2 Å². The van der Waals surface area contributed by atoms with Crippen LogP contribution in [-0.2, 0) is 0 Å². The molecule has 0 bridgehead atoms. The molecule has 1 aromatic rings. The predicted molar refractivity (Wildman–Crippen MR) is 79.6 cm³/mol. The fourth-order valence-corrected chi connectivity index (χ4v) is 2.80. The van der Waals surface area contributed by atoms with Crippen LogP contribution in [0, 0.1) is 5.82 Å². The summed E-state index contributed by atoms with van der Waals surface area (Å²) in [5.41, 5.74) is 0.679. The smallest absolute Gasteiger partial charge is 0.131 e. The third-order valence-corrected chi connectivity index (χ3v) is 3.80. The minimum absolute atomic E-state index is 0.0475. The maximum atomic E-state index is 14.3. The fourth-order valence-electron chi connectivity index (χ4n) is 2.80. The lowest BCUT2D eigenvalue weighted by atomic mass is 9.98. The summed E-state index contributed by atoms with van der Waals surface area (Å²) in [6.45, 7) is 7.53. The molecule has 0 spiro atoms. The highest BCUT2D eigenvalue weighted by atomic mass is 19.1. The number of methoxy groups -OCH3 is 1. The van der Waals surface area contributed by atoms with E-state index < -0.39 is 0 Å². The monoisotopic (exact) mass is 278 g/mol. The van der Waals surface area contributed by atoms with Gasteiger partial charge in [-0.2, -0.15) is 0 Å². The predicted octanol–water partition coefficient (Wildman–Crippen LogP) is 2.75. The number of hydrogen-bond acceptors (Lipinski definition) is 3. The van der Waals surface area contributed by atoms with E-state index in [1.54, 1.807) is 13.2 Å². The van der Waals surface area contributed by atoms with E-state index >= 15 is 0 Å². The van der Waals surface area contributed by atoms with Crippen molar-refractivity contribution in [3.8, 4) is 5.75 Å². The lowest BCUT2D eigenvalue weighted by molar-refractivity contribution is 0.160. The number of ether oxygens (including phenoxy) is 1. The van der Waals surface area contributed by atoms with Gasteiger partial charge in [-0.15, -0.1) is 6.58 Å². The first-order valence-corrected chi connectivity index (χ1v) is 7.16. The third kappa shape index (κ3) is 3.38. The summed E-state index contributed by atoms with van der Waals surface area (Å²) < 4.78 is 19.7. The van der Waals surface area contributed by atoms with Gasteiger partial charge < -0.3 is 10.1 Å². The number of benzene rings is 1. The van der Waals surface area contributed by atoms with Crippen LogP contribution in [0.4, 0.5) is 4.39 Å². The van der Waals surface area contributed by atoms with Gasteiger partial charge in [-0.05, 0) is 25.0 Å². The minimum Gasteiger partial charge on any atom is -0.496 e. The molecule has 3 nitrogen and oxygen atoms in total. The maximum absolute atomic E-state index is 14.3. The van der Waals surface area contributed by atoms with Crippen LogP contribution < -0.4 is 10.1 Å². The summed E-state index contributed by atoms with van der Waals surface area (Å²) in [6.07, 6.45) is 3.62. The number of piperazine rings is 1. The molecule has 0 radical (unpaired) electrons. The first kappa shape index (κ1) is 15.0. The van der Waals surface area contributed by atoms with E-state index in [1.165, 1.54) is 6.07 Å². The van der Waals surface area contributed by atoms with Gasteiger partial charge in [0.25, 0.3) is 0 Å². The number of hydrogen-bond donors (Lipinski definition) is 1.